The van der Waals surface area contributed by atoms with Gasteiger partial charge in [-0.05, 0) is 55.3 Å². The second-order valence-electron chi connectivity index (χ2n) is 6.34. The van der Waals surface area contributed by atoms with Gasteiger partial charge in [0.05, 0.1) is 9.99 Å². The molecule has 0 aliphatic rings. The predicted octanol–water partition coefficient (Wildman–Crippen LogP) is 3.88. The van der Waals surface area contributed by atoms with Crippen LogP contribution in [0.25, 0.3) is 10.9 Å². The van der Waals surface area contributed by atoms with Crippen LogP contribution in [0.4, 0.5) is 4.79 Å². The zero-order valence-corrected chi connectivity index (χ0v) is 15.5. The summed E-state index contributed by atoms with van der Waals surface area (Å²) >= 11 is 3.39. The molecule has 6 nitrogen and oxygen atoms in total. The Kier molecular flexibility index (Phi) is 5.88. The summed E-state index contributed by atoms with van der Waals surface area (Å²) in [6.45, 7) is 5.78. The highest BCUT2D eigenvalue weighted by atomic mass is 79.9. The van der Waals surface area contributed by atoms with Gasteiger partial charge in [-0.2, -0.15) is 0 Å². The summed E-state index contributed by atoms with van der Waals surface area (Å²) in [5.41, 5.74) is 0.589. The lowest BCUT2D eigenvalue weighted by molar-refractivity contribution is 0.0525. The molecule has 1 amide bonds. The highest BCUT2D eigenvalue weighted by Gasteiger charge is 2.16. The highest BCUT2D eigenvalue weighted by Crippen LogP contribution is 2.21. The van der Waals surface area contributed by atoms with E-state index in [-0.39, 0.29) is 5.78 Å². The molecule has 0 aliphatic carbocycles. The molecule has 1 N–H and O–H groups in total. The number of halogens is 1. The van der Waals surface area contributed by atoms with Gasteiger partial charge in [0.15, 0.2) is 5.78 Å². The molecule has 0 atom stereocenters. The number of rotatable bonds is 5. The first-order chi connectivity index (χ1) is 11.3. The van der Waals surface area contributed by atoms with Crippen LogP contribution in [0.2, 0.25) is 0 Å². The summed E-state index contributed by atoms with van der Waals surface area (Å²) in [4.78, 5) is 32.2. The van der Waals surface area contributed by atoms with Crippen molar-refractivity contribution >= 4 is 38.7 Å². The van der Waals surface area contributed by atoms with E-state index in [4.69, 9.17) is 4.74 Å². The van der Waals surface area contributed by atoms with Crippen molar-refractivity contribution in [3.8, 4) is 0 Å². The van der Waals surface area contributed by atoms with Crippen molar-refractivity contribution in [3.63, 3.8) is 0 Å². The minimum absolute atomic E-state index is 0.0633. The maximum atomic E-state index is 12.2. The lowest BCUT2D eigenvalue weighted by Crippen LogP contribution is -2.33. The van der Waals surface area contributed by atoms with E-state index in [2.05, 4.69) is 31.2 Å². The third kappa shape index (κ3) is 5.26. The number of nitrogens with one attached hydrogen (secondary N) is 1. The molecule has 2 aromatic rings. The van der Waals surface area contributed by atoms with E-state index in [0.717, 1.165) is 9.86 Å². The zero-order valence-electron chi connectivity index (χ0n) is 13.9. The number of nitrogens with zero attached hydrogens (tertiary/aromatic N) is 2. The lowest BCUT2D eigenvalue weighted by Gasteiger charge is -2.19. The molecule has 2 heterocycles. The number of hydrogen-bond donors (Lipinski definition) is 1. The summed E-state index contributed by atoms with van der Waals surface area (Å²) < 4.78 is 5.88. The van der Waals surface area contributed by atoms with Gasteiger partial charge in [0.1, 0.15) is 11.3 Å². The van der Waals surface area contributed by atoms with Crippen LogP contribution in [0.15, 0.2) is 29.0 Å². The van der Waals surface area contributed by atoms with E-state index in [9.17, 15) is 9.59 Å². The Bertz CT molecular complexity index is 756. The van der Waals surface area contributed by atoms with Crippen LogP contribution in [0.3, 0.4) is 0 Å². The maximum Gasteiger partial charge on any atom is 0.407 e. The van der Waals surface area contributed by atoms with E-state index in [1.165, 1.54) is 0 Å². The topological polar surface area (TPSA) is 81.2 Å². The summed E-state index contributed by atoms with van der Waals surface area (Å²) in [6.07, 6.45) is 3.70. The molecule has 0 bridgehead atoms. The molecule has 0 spiro atoms. The van der Waals surface area contributed by atoms with E-state index in [1.807, 2.05) is 6.07 Å². The number of aromatic nitrogens is 2. The average Bonchev–Trinajstić information content (AvgIpc) is 2.50. The van der Waals surface area contributed by atoms with Crippen LogP contribution in [-0.2, 0) is 4.74 Å². The number of ketones is 1. The summed E-state index contributed by atoms with van der Waals surface area (Å²) in [7, 11) is 0. The molecule has 2 rings (SSSR count). The first kappa shape index (κ1) is 18.3. The fourth-order valence-corrected chi connectivity index (χ4v) is 2.48. The van der Waals surface area contributed by atoms with Gasteiger partial charge < -0.3 is 10.1 Å². The molecular weight excluding hydrogens is 374 g/mol. The highest BCUT2D eigenvalue weighted by molar-refractivity contribution is 9.10. The van der Waals surface area contributed by atoms with Crippen LogP contribution < -0.4 is 5.32 Å². The first-order valence-electron chi connectivity index (χ1n) is 7.66. The Morgan fingerprint density at radius 2 is 2.00 bits per heavy atom. The number of amides is 1. The predicted molar refractivity (Wildman–Crippen MR) is 95.0 cm³/mol. The number of ether oxygens (including phenoxy) is 1. The Hall–Kier alpha value is -2.02. The molecule has 0 radical (unpaired) electrons. The lowest BCUT2D eigenvalue weighted by atomic mass is 10.1. The number of pyridine rings is 2. The Morgan fingerprint density at radius 3 is 2.71 bits per heavy atom. The Morgan fingerprint density at radius 1 is 1.25 bits per heavy atom. The molecule has 0 fully saturated rings. The molecule has 0 saturated carbocycles. The molecule has 0 aromatic carbocycles. The third-order valence-corrected chi connectivity index (χ3v) is 3.67. The summed E-state index contributed by atoms with van der Waals surface area (Å²) in [5, 5.41) is 3.50. The van der Waals surface area contributed by atoms with Crippen molar-refractivity contribution in [2.45, 2.75) is 39.2 Å². The Labute approximate surface area is 149 Å². The summed E-state index contributed by atoms with van der Waals surface area (Å²) in [6, 6.07) is 3.52. The van der Waals surface area contributed by atoms with E-state index in [0.29, 0.717) is 30.6 Å². The molecule has 0 saturated heterocycles. The second-order valence-corrected chi connectivity index (χ2v) is 7.20. The van der Waals surface area contributed by atoms with Crippen molar-refractivity contribution in [1.82, 2.24) is 15.3 Å². The van der Waals surface area contributed by atoms with E-state index >= 15 is 0 Å². The number of carbonyl (C=O) groups excluding carboxylic acids is 2. The van der Waals surface area contributed by atoms with Crippen LogP contribution in [0.1, 0.15) is 44.1 Å². The third-order valence-electron chi connectivity index (χ3n) is 3.09. The van der Waals surface area contributed by atoms with Gasteiger partial charge in [0.2, 0.25) is 0 Å². The molecule has 0 unspecified atom stereocenters. The van der Waals surface area contributed by atoms with Crippen molar-refractivity contribution in [1.29, 1.82) is 0 Å². The molecule has 2 aromatic heterocycles. The zero-order chi connectivity index (χ0) is 17.7. The van der Waals surface area contributed by atoms with Gasteiger partial charge >= 0.3 is 6.09 Å². The van der Waals surface area contributed by atoms with Gasteiger partial charge in [-0.3, -0.25) is 9.78 Å². The molecule has 24 heavy (non-hydrogen) atoms. The minimum Gasteiger partial charge on any atom is -0.444 e. The monoisotopic (exact) mass is 393 g/mol. The SMILES string of the molecule is CC(C)(C)OC(=O)NCCCC(=O)c1ccc2cncc(Br)c2n1. The Balaban J connectivity index is 1.87. The van der Waals surface area contributed by atoms with Crippen LogP contribution in [0.5, 0.6) is 0 Å². The van der Waals surface area contributed by atoms with Gasteiger partial charge in [0.25, 0.3) is 0 Å². The number of Topliss-reactive ketones (excluding diaryl/α,β-unsaturated/α-hetero) is 1. The van der Waals surface area contributed by atoms with Crippen molar-refractivity contribution in [2.75, 3.05) is 6.54 Å². The van der Waals surface area contributed by atoms with Crippen molar-refractivity contribution in [3.05, 3.63) is 34.7 Å². The molecule has 7 heteroatoms. The first-order valence-corrected chi connectivity index (χ1v) is 8.46. The molecule has 0 aliphatic heterocycles. The van der Waals surface area contributed by atoms with E-state index < -0.39 is 11.7 Å². The van der Waals surface area contributed by atoms with Gasteiger partial charge in [-0.25, -0.2) is 9.78 Å². The fraction of sp³-hybridized carbons (Fsp3) is 0.412. The van der Waals surface area contributed by atoms with Crippen LogP contribution in [0, 0.1) is 0 Å². The quantitative estimate of drug-likeness (QED) is 0.615. The number of alkyl carbamates (subject to hydrolysis) is 1. The number of carbonyl (C=O) groups is 2. The fourth-order valence-electron chi connectivity index (χ4n) is 2.05. The van der Waals surface area contributed by atoms with Gasteiger partial charge in [0, 0.05) is 30.7 Å². The largest absolute Gasteiger partial charge is 0.444 e. The van der Waals surface area contributed by atoms with Crippen LogP contribution in [-0.4, -0.2) is 34.0 Å². The maximum absolute atomic E-state index is 12.2. The van der Waals surface area contributed by atoms with E-state index in [1.54, 1.807) is 39.2 Å². The minimum atomic E-state index is -0.531. The molecule has 128 valence electrons. The second kappa shape index (κ2) is 7.70. The standard InChI is InChI=1S/C17H20BrN3O3/c1-17(2,3)24-16(23)20-8-4-5-14(22)13-7-6-11-9-19-10-12(18)15(11)21-13/h6-7,9-10H,4-5,8H2,1-3H3,(H,20,23). The van der Waals surface area contributed by atoms with Gasteiger partial charge in [-0.1, -0.05) is 0 Å². The molecular formula is C17H20BrN3O3. The normalized spacial score (nSPS) is 11.3. The van der Waals surface area contributed by atoms with Crippen molar-refractivity contribution in [2.24, 2.45) is 0 Å². The number of fused-ring (bicyclic) bond motifs is 1. The number of hydrogen-bond acceptors (Lipinski definition) is 5. The average molecular weight is 394 g/mol. The van der Waals surface area contributed by atoms with Crippen LogP contribution >= 0.6 is 15.9 Å². The van der Waals surface area contributed by atoms with Gasteiger partial charge in [-0.15, -0.1) is 0 Å². The summed E-state index contributed by atoms with van der Waals surface area (Å²) in [5.74, 6) is -0.0633. The van der Waals surface area contributed by atoms with Crippen molar-refractivity contribution < 1.29 is 14.3 Å². The smallest absolute Gasteiger partial charge is 0.407 e.